The Morgan fingerprint density at radius 2 is 1.72 bits per heavy atom. The van der Waals surface area contributed by atoms with Crippen molar-refractivity contribution < 1.29 is 56.3 Å². The third-order valence-electron chi connectivity index (χ3n) is 5.08. The van der Waals surface area contributed by atoms with Gasteiger partial charge in [0.1, 0.15) is 18.0 Å². The molecule has 226 valence electrons. The molecule has 1 aliphatic rings. The minimum absolute atomic E-state index is 0.000645. The zero-order valence-corrected chi connectivity index (χ0v) is 24.2. The lowest BCUT2D eigenvalue weighted by atomic mass is 10.2. The normalized spacial score (nSPS) is 22.4. The fourth-order valence-corrected chi connectivity index (χ4v) is 6.21. The molecule has 1 fully saturated rings. The highest BCUT2D eigenvalue weighted by Crippen LogP contribution is 2.66. The van der Waals surface area contributed by atoms with Gasteiger partial charge in [0.05, 0.1) is 12.7 Å². The molecule has 2 heterocycles. The van der Waals surface area contributed by atoms with Gasteiger partial charge in [-0.2, -0.15) is 8.62 Å². The van der Waals surface area contributed by atoms with E-state index in [2.05, 4.69) is 50.7 Å². The standard InChI is InChI=1S/C12H20N3O14P3.C6H15N/c1-2-3-13-7-5-15(12(18)14-11(7)17)10-4-8(16)9(27-10)6-26-31(22,23)29-32(24,25)28-30(19,20)21;1-4-7(5-2)6-3/h2,5,8-10,13,16H,1,3-4,6H2,(H,22,23)(H,24,25)(H,14,17,18)(H2,19,20,21);4-6H2,1-3H3/t8-,9+,10+;/m0./s1. The van der Waals surface area contributed by atoms with Crippen molar-refractivity contribution in [3.63, 3.8) is 0 Å². The molecule has 2 unspecified atom stereocenters. The van der Waals surface area contributed by atoms with Crippen molar-refractivity contribution in [3.8, 4) is 0 Å². The Morgan fingerprint density at radius 3 is 2.21 bits per heavy atom. The zero-order valence-electron chi connectivity index (χ0n) is 21.5. The molecular formula is C18H35N4O14P3. The molecule has 0 aliphatic carbocycles. The van der Waals surface area contributed by atoms with Crippen molar-refractivity contribution in [1.29, 1.82) is 0 Å². The van der Waals surface area contributed by atoms with Crippen molar-refractivity contribution in [2.75, 3.05) is 38.1 Å². The number of rotatable bonds is 14. The summed E-state index contributed by atoms with van der Waals surface area (Å²) in [7, 11) is -16.7. The smallest absolute Gasteiger partial charge is 0.390 e. The molecule has 21 heteroatoms. The second-order valence-corrected chi connectivity index (χ2v) is 12.2. The molecule has 2 rings (SSSR count). The zero-order chi connectivity index (χ0) is 30.0. The van der Waals surface area contributed by atoms with Crippen molar-refractivity contribution in [2.24, 2.45) is 0 Å². The molecule has 0 aromatic carbocycles. The molecule has 0 spiro atoms. The van der Waals surface area contributed by atoms with Crippen LogP contribution in [0.15, 0.2) is 28.4 Å². The highest BCUT2D eigenvalue weighted by atomic mass is 31.3. The van der Waals surface area contributed by atoms with Crippen LogP contribution in [0.2, 0.25) is 0 Å². The topological polar surface area (TPSA) is 259 Å². The molecule has 5 atom stereocenters. The first-order valence-electron chi connectivity index (χ1n) is 11.5. The number of hydrogen-bond donors (Lipinski definition) is 7. The third-order valence-corrected chi connectivity index (χ3v) is 8.88. The highest BCUT2D eigenvalue weighted by Gasteiger charge is 2.43. The molecule has 18 nitrogen and oxygen atoms in total. The molecule has 1 aromatic heterocycles. The van der Waals surface area contributed by atoms with E-state index in [1.165, 1.54) is 25.7 Å². The summed E-state index contributed by atoms with van der Waals surface area (Å²) >= 11 is 0. The summed E-state index contributed by atoms with van der Waals surface area (Å²) in [4.78, 5) is 63.8. The number of nitrogens with one attached hydrogen (secondary N) is 2. The van der Waals surface area contributed by atoms with Gasteiger partial charge in [-0.25, -0.2) is 18.5 Å². The molecule has 1 saturated heterocycles. The maximum absolute atomic E-state index is 12.1. The van der Waals surface area contributed by atoms with E-state index in [0.717, 1.165) is 10.8 Å². The second kappa shape index (κ2) is 15.5. The molecule has 1 aromatic rings. The molecule has 1 aliphatic heterocycles. The minimum Gasteiger partial charge on any atom is -0.390 e. The lowest BCUT2D eigenvalue weighted by Crippen LogP contribution is -2.34. The monoisotopic (exact) mass is 624 g/mol. The van der Waals surface area contributed by atoms with Crippen molar-refractivity contribution in [1.82, 2.24) is 14.5 Å². The fraction of sp³-hybridized carbons (Fsp3) is 0.667. The maximum Gasteiger partial charge on any atom is 0.490 e. The van der Waals surface area contributed by atoms with Gasteiger partial charge in [-0.3, -0.25) is 18.9 Å². The first kappa shape index (κ1) is 35.5. The fourth-order valence-electron chi connectivity index (χ4n) is 3.18. The number of H-pyrrole nitrogens is 1. The number of hydrogen-bond acceptors (Lipinski definition) is 12. The van der Waals surface area contributed by atoms with Crippen molar-refractivity contribution in [3.05, 3.63) is 39.7 Å². The molecule has 0 radical (unpaired) electrons. The summed E-state index contributed by atoms with van der Waals surface area (Å²) in [6.07, 6.45) is -1.44. The number of phosphoric ester groups is 1. The summed E-state index contributed by atoms with van der Waals surface area (Å²) in [6, 6.07) is 0. The molecular weight excluding hydrogens is 589 g/mol. The minimum atomic E-state index is -5.70. The van der Waals surface area contributed by atoms with Crippen LogP contribution in [0.4, 0.5) is 5.69 Å². The van der Waals surface area contributed by atoms with Gasteiger partial charge in [-0.05, 0) is 19.6 Å². The summed E-state index contributed by atoms with van der Waals surface area (Å²) < 4.78 is 51.6. The predicted octanol–water partition coefficient (Wildman–Crippen LogP) is 0.474. The summed E-state index contributed by atoms with van der Waals surface area (Å²) in [6.45, 7) is 12.9. The third kappa shape index (κ3) is 12.7. The average molecular weight is 624 g/mol. The predicted molar refractivity (Wildman–Crippen MR) is 138 cm³/mol. The van der Waals surface area contributed by atoms with Gasteiger partial charge in [0, 0.05) is 19.2 Å². The summed E-state index contributed by atoms with van der Waals surface area (Å²) in [5.74, 6) is 0. The van der Waals surface area contributed by atoms with E-state index in [9.17, 15) is 33.3 Å². The first-order valence-corrected chi connectivity index (χ1v) is 16.0. The van der Waals surface area contributed by atoms with Crippen LogP contribution in [0.1, 0.15) is 33.4 Å². The Kier molecular flexibility index (Phi) is 14.1. The van der Waals surface area contributed by atoms with Gasteiger partial charge in [-0.1, -0.05) is 26.8 Å². The summed E-state index contributed by atoms with van der Waals surface area (Å²) in [5, 5.41) is 12.8. The number of phosphoric acid groups is 3. The Labute approximate surface area is 223 Å². The van der Waals surface area contributed by atoms with E-state index in [-0.39, 0.29) is 18.7 Å². The van der Waals surface area contributed by atoms with Crippen LogP contribution in [0, 0.1) is 0 Å². The van der Waals surface area contributed by atoms with Crippen molar-refractivity contribution >= 4 is 29.2 Å². The second-order valence-electron chi connectivity index (χ2n) is 7.82. The number of anilines is 1. The number of ether oxygens (including phenoxy) is 1. The molecule has 0 bridgehead atoms. The van der Waals surface area contributed by atoms with E-state index in [4.69, 9.17) is 19.4 Å². The Morgan fingerprint density at radius 1 is 1.13 bits per heavy atom. The Balaban J connectivity index is 0.000000956. The van der Waals surface area contributed by atoms with Crippen LogP contribution in [-0.2, 0) is 31.6 Å². The van der Waals surface area contributed by atoms with E-state index >= 15 is 0 Å². The summed E-state index contributed by atoms with van der Waals surface area (Å²) in [5.41, 5.74) is -1.58. The number of nitrogens with zero attached hydrogens (tertiary/aromatic N) is 2. The Bertz CT molecular complexity index is 1190. The van der Waals surface area contributed by atoms with E-state index in [1.54, 1.807) is 0 Å². The highest BCUT2D eigenvalue weighted by molar-refractivity contribution is 7.66. The van der Waals surface area contributed by atoms with Gasteiger partial charge in [0.2, 0.25) is 0 Å². The van der Waals surface area contributed by atoms with Crippen LogP contribution in [0.3, 0.4) is 0 Å². The Hall–Kier alpha value is -1.49. The van der Waals surface area contributed by atoms with Gasteiger partial charge >= 0.3 is 29.2 Å². The van der Waals surface area contributed by atoms with Gasteiger partial charge in [0.15, 0.2) is 0 Å². The largest absolute Gasteiger partial charge is 0.490 e. The number of aliphatic hydroxyl groups excluding tert-OH is 1. The number of aromatic amines is 1. The van der Waals surface area contributed by atoms with Gasteiger partial charge < -0.3 is 39.6 Å². The molecule has 0 amide bonds. The first-order chi connectivity index (χ1) is 18.0. The number of aliphatic hydroxyl groups is 1. The van der Waals surface area contributed by atoms with Crippen LogP contribution in [0.25, 0.3) is 0 Å². The maximum atomic E-state index is 12.1. The van der Waals surface area contributed by atoms with Crippen molar-refractivity contribution in [2.45, 2.75) is 45.6 Å². The SMILES string of the molecule is C=CCNc1cn([C@H]2C[C@H](O)[C@@H](COP(=O)(O)OP(=O)(O)OP(=O)(O)O)O2)c(=O)[nH]c1=O.CCN(CC)CC. The quantitative estimate of drug-likeness (QED) is 0.110. The van der Waals surface area contributed by atoms with Crippen LogP contribution < -0.4 is 16.6 Å². The molecule has 0 saturated carbocycles. The van der Waals surface area contributed by atoms with Gasteiger partial charge in [0.25, 0.3) is 5.56 Å². The van der Waals surface area contributed by atoms with E-state index < -0.39 is 59.8 Å². The molecule has 39 heavy (non-hydrogen) atoms. The molecule has 7 N–H and O–H groups in total. The van der Waals surface area contributed by atoms with Crippen LogP contribution in [-0.4, -0.2) is 84.1 Å². The average Bonchev–Trinajstić information content (AvgIpc) is 3.16. The van der Waals surface area contributed by atoms with E-state index in [1.807, 2.05) is 4.98 Å². The lowest BCUT2D eigenvalue weighted by Gasteiger charge is -2.19. The lowest BCUT2D eigenvalue weighted by molar-refractivity contribution is -0.0449. The number of aromatic nitrogens is 2. The van der Waals surface area contributed by atoms with Gasteiger partial charge in [-0.15, -0.1) is 6.58 Å². The van der Waals surface area contributed by atoms with Crippen LogP contribution in [0.5, 0.6) is 0 Å². The van der Waals surface area contributed by atoms with Crippen LogP contribution >= 0.6 is 23.5 Å². The van der Waals surface area contributed by atoms with E-state index in [0.29, 0.717) is 0 Å².